The predicted octanol–water partition coefficient (Wildman–Crippen LogP) is 0.0634. The Kier molecular flexibility index (Phi) is 2.62. The maximum absolute atomic E-state index is 9.45. The molecule has 1 unspecified atom stereocenters. The molecule has 0 radical (unpaired) electrons. The molecule has 0 aliphatic rings. The molecule has 0 heterocycles. The molecule has 0 rings (SSSR count). The average Bonchev–Trinajstić information content (AvgIpc) is 1.65. The van der Waals surface area contributed by atoms with Crippen LogP contribution in [0.2, 0.25) is 0 Å². The van der Waals surface area contributed by atoms with E-state index in [1.807, 2.05) is 0 Å². The summed E-state index contributed by atoms with van der Waals surface area (Å²) < 4.78 is 0. The number of hydrogen-bond donors (Lipinski definition) is 1. The molecule has 6 heavy (non-hydrogen) atoms. The molecule has 0 aromatic carbocycles. The Hall–Kier alpha value is -0.410. The number of rotatable bonds is 2. The van der Waals surface area contributed by atoms with Crippen molar-refractivity contribution in [3.05, 3.63) is 0 Å². The van der Waals surface area contributed by atoms with Gasteiger partial charge in [-0.05, 0) is 6.92 Å². The minimum Gasteiger partial charge on any atom is -0.300 e. The van der Waals surface area contributed by atoms with Gasteiger partial charge < -0.3 is 4.79 Å². The second-order valence-corrected chi connectivity index (χ2v) is 0.947. The molecule has 3 nitrogen and oxygen atoms in total. The molecule has 0 spiro atoms. The molecule has 0 bridgehead atoms. The fourth-order valence-electron chi connectivity index (χ4n) is 0.0248. The van der Waals surface area contributed by atoms with Crippen molar-refractivity contribution in [2.45, 2.75) is 13.0 Å². The van der Waals surface area contributed by atoms with Crippen LogP contribution in [0.5, 0.6) is 0 Å². The minimum absolute atomic E-state index is 0.500. The number of carbonyl (C=O) groups is 1. The highest BCUT2D eigenvalue weighted by Crippen LogP contribution is 1.75. The second kappa shape index (κ2) is 2.81. The highest BCUT2D eigenvalue weighted by molar-refractivity contribution is 5.54. The Morgan fingerprint density at radius 1 is 2.00 bits per heavy atom. The fraction of sp³-hybridized carbons (Fsp3) is 0.667. The van der Waals surface area contributed by atoms with E-state index >= 15 is 0 Å². The maximum Gasteiger partial charge on any atom is 0.151 e. The van der Waals surface area contributed by atoms with E-state index in [1.165, 1.54) is 6.92 Å². The summed E-state index contributed by atoms with van der Waals surface area (Å²) in [5.41, 5.74) is 0. The van der Waals surface area contributed by atoms with E-state index in [2.05, 4.69) is 4.89 Å². The van der Waals surface area contributed by atoms with Crippen molar-refractivity contribution >= 4 is 6.29 Å². The van der Waals surface area contributed by atoms with Crippen LogP contribution in [0.3, 0.4) is 0 Å². The van der Waals surface area contributed by atoms with Gasteiger partial charge in [-0.15, -0.1) is 0 Å². The Morgan fingerprint density at radius 3 is 2.50 bits per heavy atom. The Morgan fingerprint density at radius 2 is 2.50 bits per heavy atom. The summed E-state index contributed by atoms with van der Waals surface area (Å²) in [7, 11) is 0. The van der Waals surface area contributed by atoms with Gasteiger partial charge >= 0.3 is 0 Å². The zero-order valence-electron chi connectivity index (χ0n) is 3.42. The molecule has 0 fully saturated rings. The molecule has 3 heteroatoms. The zero-order valence-corrected chi connectivity index (χ0v) is 3.42. The molecular weight excluding hydrogens is 84.0 g/mol. The van der Waals surface area contributed by atoms with Crippen LogP contribution in [-0.2, 0) is 9.68 Å². The van der Waals surface area contributed by atoms with Gasteiger partial charge in [-0.3, -0.25) is 5.26 Å². The summed E-state index contributed by atoms with van der Waals surface area (Å²) in [5, 5.41) is 7.60. The molecule has 1 N–H and O–H groups in total. The zero-order chi connectivity index (χ0) is 4.99. The van der Waals surface area contributed by atoms with Gasteiger partial charge in [-0.2, -0.15) is 0 Å². The Balaban J connectivity index is 2.96. The average molecular weight is 90.1 g/mol. The third-order valence-electron chi connectivity index (χ3n) is 0.358. The van der Waals surface area contributed by atoms with Crippen LogP contribution in [0, 0.1) is 0 Å². The Labute approximate surface area is 35.5 Å². The van der Waals surface area contributed by atoms with Crippen LogP contribution in [0.1, 0.15) is 6.92 Å². The summed E-state index contributed by atoms with van der Waals surface area (Å²) in [6, 6.07) is 0. The lowest BCUT2D eigenvalue weighted by atomic mass is 10.5. The van der Waals surface area contributed by atoms with Crippen molar-refractivity contribution in [2.24, 2.45) is 0 Å². The van der Waals surface area contributed by atoms with E-state index in [0.29, 0.717) is 6.29 Å². The molecule has 0 amide bonds. The van der Waals surface area contributed by atoms with E-state index in [0.717, 1.165) is 0 Å². The summed E-state index contributed by atoms with van der Waals surface area (Å²) in [4.78, 5) is 13.0. The summed E-state index contributed by atoms with van der Waals surface area (Å²) in [6.45, 7) is 1.44. The fourth-order valence-corrected chi connectivity index (χ4v) is 0.0248. The van der Waals surface area contributed by atoms with E-state index in [-0.39, 0.29) is 0 Å². The van der Waals surface area contributed by atoms with Gasteiger partial charge in [0.05, 0.1) is 0 Å². The monoisotopic (exact) mass is 90.0 g/mol. The number of carbonyl (C=O) groups excluding carboxylic acids is 1. The van der Waals surface area contributed by atoms with Crippen LogP contribution in [0.25, 0.3) is 0 Å². The standard InChI is InChI=1S/C3H6O3/c1-3(2-4)6-5/h2-3,5H,1H3. The smallest absolute Gasteiger partial charge is 0.151 e. The second-order valence-electron chi connectivity index (χ2n) is 0.947. The van der Waals surface area contributed by atoms with Gasteiger partial charge in [0.15, 0.2) is 6.29 Å². The highest BCUT2D eigenvalue weighted by Gasteiger charge is 1.91. The van der Waals surface area contributed by atoms with Crippen molar-refractivity contribution in [3.63, 3.8) is 0 Å². The van der Waals surface area contributed by atoms with Crippen molar-refractivity contribution in [1.82, 2.24) is 0 Å². The first-order valence-corrected chi connectivity index (χ1v) is 1.56. The summed E-state index contributed by atoms with van der Waals surface area (Å²) in [5.74, 6) is 0. The van der Waals surface area contributed by atoms with Crippen molar-refractivity contribution in [2.75, 3.05) is 0 Å². The van der Waals surface area contributed by atoms with Crippen LogP contribution in [0.4, 0.5) is 0 Å². The molecule has 0 saturated carbocycles. The first-order valence-electron chi connectivity index (χ1n) is 1.56. The van der Waals surface area contributed by atoms with Crippen LogP contribution in [-0.4, -0.2) is 17.6 Å². The SMILES string of the molecule is CC(C=O)OO. The third kappa shape index (κ3) is 1.87. The molecule has 0 aromatic heterocycles. The van der Waals surface area contributed by atoms with Gasteiger partial charge in [0.2, 0.25) is 0 Å². The number of aldehydes is 1. The first-order chi connectivity index (χ1) is 2.81. The molecule has 1 atom stereocenters. The quantitative estimate of drug-likeness (QED) is 0.296. The number of hydrogen-bond acceptors (Lipinski definition) is 3. The van der Waals surface area contributed by atoms with Crippen molar-refractivity contribution in [1.29, 1.82) is 0 Å². The highest BCUT2D eigenvalue weighted by atomic mass is 17.1. The predicted molar refractivity (Wildman–Crippen MR) is 19.2 cm³/mol. The van der Waals surface area contributed by atoms with Gasteiger partial charge in [0.1, 0.15) is 6.10 Å². The molecule has 0 aliphatic heterocycles. The van der Waals surface area contributed by atoms with E-state index in [1.54, 1.807) is 0 Å². The topological polar surface area (TPSA) is 46.5 Å². The summed E-state index contributed by atoms with van der Waals surface area (Å²) in [6.07, 6.45) is -0.190. The lowest BCUT2D eigenvalue weighted by molar-refractivity contribution is -0.263. The van der Waals surface area contributed by atoms with Gasteiger partial charge in [0, 0.05) is 0 Å². The van der Waals surface area contributed by atoms with Crippen molar-refractivity contribution in [3.8, 4) is 0 Å². The largest absolute Gasteiger partial charge is 0.300 e. The normalized spacial score (nSPS) is 13.7. The lowest BCUT2D eigenvalue weighted by Gasteiger charge is -1.90. The van der Waals surface area contributed by atoms with Gasteiger partial charge in [0.25, 0.3) is 0 Å². The third-order valence-corrected chi connectivity index (χ3v) is 0.358. The van der Waals surface area contributed by atoms with Gasteiger partial charge in [-0.1, -0.05) is 0 Å². The van der Waals surface area contributed by atoms with Crippen molar-refractivity contribution < 1.29 is 14.9 Å². The van der Waals surface area contributed by atoms with Crippen LogP contribution < -0.4 is 0 Å². The summed E-state index contributed by atoms with van der Waals surface area (Å²) >= 11 is 0. The van der Waals surface area contributed by atoms with Gasteiger partial charge in [-0.25, -0.2) is 4.89 Å². The minimum atomic E-state index is -0.690. The maximum atomic E-state index is 9.45. The molecule has 0 aromatic rings. The Bertz CT molecular complexity index is 43.3. The lowest BCUT2D eigenvalue weighted by Crippen LogP contribution is -2.04. The van der Waals surface area contributed by atoms with E-state index in [4.69, 9.17) is 5.26 Å². The molecule has 36 valence electrons. The molecule has 0 saturated heterocycles. The molecular formula is C3H6O3. The van der Waals surface area contributed by atoms with Crippen LogP contribution in [0.15, 0.2) is 0 Å². The van der Waals surface area contributed by atoms with Crippen LogP contribution >= 0.6 is 0 Å². The first kappa shape index (κ1) is 5.59. The van der Waals surface area contributed by atoms with E-state index < -0.39 is 6.10 Å². The van der Waals surface area contributed by atoms with E-state index in [9.17, 15) is 4.79 Å². The molecule has 0 aliphatic carbocycles.